The summed E-state index contributed by atoms with van der Waals surface area (Å²) in [7, 11) is 0. The molecule has 3 heterocycles. The Morgan fingerprint density at radius 2 is 2.10 bits per heavy atom. The monoisotopic (exact) mass is 421 g/mol. The molecule has 2 aromatic heterocycles. The second-order valence-electron chi connectivity index (χ2n) is 7.63. The van der Waals surface area contributed by atoms with Crippen LogP contribution < -0.4 is 15.5 Å². The van der Waals surface area contributed by atoms with Crippen LogP contribution >= 0.6 is 0 Å². The van der Waals surface area contributed by atoms with E-state index in [-0.39, 0.29) is 18.2 Å². The van der Waals surface area contributed by atoms with Crippen molar-refractivity contribution in [1.29, 1.82) is 0 Å². The number of urea groups is 1. The molecule has 2 unspecified atom stereocenters. The highest BCUT2D eigenvalue weighted by Crippen LogP contribution is 2.16. The summed E-state index contributed by atoms with van der Waals surface area (Å²) in [6.45, 7) is 6.82. The van der Waals surface area contributed by atoms with Gasteiger partial charge in [0.15, 0.2) is 0 Å². The highest BCUT2D eigenvalue weighted by Gasteiger charge is 2.17. The van der Waals surface area contributed by atoms with Crippen LogP contribution in [0.4, 0.5) is 10.6 Å². The first-order valence-corrected chi connectivity index (χ1v) is 10.4. The zero-order chi connectivity index (χ0) is 21.6. The van der Waals surface area contributed by atoms with Crippen molar-refractivity contribution in [3.8, 4) is 5.69 Å². The average Bonchev–Trinajstić information content (AvgIpc) is 3.33. The lowest BCUT2D eigenvalue weighted by atomic mass is 10.1. The Labute approximate surface area is 181 Å². The van der Waals surface area contributed by atoms with Crippen molar-refractivity contribution in [3.05, 3.63) is 66.4 Å². The first-order chi connectivity index (χ1) is 15.1. The molecule has 2 amide bonds. The SMILES string of the molecule is CC1CN(c2ccc(CNC(=O)NC(C)c3ccc(-n4cncn4)cc3)cn2)CCO1. The van der Waals surface area contributed by atoms with Gasteiger partial charge in [-0.3, -0.25) is 0 Å². The van der Waals surface area contributed by atoms with Crippen LogP contribution in [0.5, 0.6) is 0 Å². The number of rotatable bonds is 6. The van der Waals surface area contributed by atoms with Crippen LogP contribution in [-0.2, 0) is 11.3 Å². The predicted molar refractivity (Wildman–Crippen MR) is 117 cm³/mol. The van der Waals surface area contributed by atoms with Crippen LogP contribution in [0.1, 0.15) is 31.0 Å². The molecule has 1 aliphatic heterocycles. The van der Waals surface area contributed by atoms with E-state index in [1.54, 1.807) is 11.0 Å². The molecule has 2 N–H and O–H groups in total. The number of nitrogens with one attached hydrogen (secondary N) is 2. The van der Waals surface area contributed by atoms with Crippen LogP contribution in [0.3, 0.4) is 0 Å². The molecular weight excluding hydrogens is 394 g/mol. The molecule has 0 radical (unpaired) electrons. The Balaban J connectivity index is 1.26. The number of carbonyl (C=O) groups is 1. The molecule has 162 valence electrons. The van der Waals surface area contributed by atoms with Crippen molar-refractivity contribution in [2.75, 3.05) is 24.6 Å². The van der Waals surface area contributed by atoms with Gasteiger partial charge in [0, 0.05) is 25.8 Å². The third-order valence-electron chi connectivity index (χ3n) is 5.25. The molecule has 1 fully saturated rings. The molecule has 1 saturated heterocycles. The second kappa shape index (κ2) is 9.57. The van der Waals surface area contributed by atoms with Crippen molar-refractivity contribution in [1.82, 2.24) is 30.4 Å². The lowest BCUT2D eigenvalue weighted by molar-refractivity contribution is 0.0529. The van der Waals surface area contributed by atoms with E-state index in [0.717, 1.165) is 35.7 Å². The number of hydrogen-bond donors (Lipinski definition) is 2. The molecule has 3 aromatic rings. The van der Waals surface area contributed by atoms with Crippen molar-refractivity contribution in [2.45, 2.75) is 32.5 Å². The maximum atomic E-state index is 12.3. The normalized spacial score (nSPS) is 17.2. The van der Waals surface area contributed by atoms with Gasteiger partial charge in [0.25, 0.3) is 0 Å². The minimum atomic E-state index is -0.223. The highest BCUT2D eigenvalue weighted by molar-refractivity contribution is 5.74. The Kier molecular flexibility index (Phi) is 6.42. The topological polar surface area (TPSA) is 97.2 Å². The summed E-state index contributed by atoms with van der Waals surface area (Å²) in [6.07, 6.45) is 5.16. The van der Waals surface area contributed by atoms with Crippen LogP contribution in [-0.4, -0.2) is 51.6 Å². The molecule has 0 aliphatic carbocycles. The number of morpholine rings is 1. The number of amides is 2. The van der Waals surface area contributed by atoms with E-state index in [4.69, 9.17) is 4.74 Å². The number of aromatic nitrogens is 4. The number of ether oxygens (including phenoxy) is 1. The summed E-state index contributed by atoms with van der Waals surface area (Å²) in [5.41, 5.74) is 2.87. The molecule has 0 spiro atoms. The molecule has 0 bridgehead atoms. The number of hydrogen-bond acceptors (Lipinski definition) is 6. The highest BCUT2D eigenvalue weighted by atomic mass is 16.5. The average molecular weight is 422 g/mol. The van der Waals surface area contributed by atoms with Gasteiger partial charge in [-0.25, -0.2) is 19.4 Å². The quantitative estimate of drug-likeness (QED) is 0.635. The number of carbonyl (C=O) groups excluding carboxylic acids is 1. The first kappa shape index (κ1) is 20.8. The zero-order valence-corrected chi connectivity index (χ0v) is 17.7. The largest absolute Gasteiger partial charge is 0.375 e. The minimum Gasteiger partial charge on any atom is -0.375 e. The summed E-state index contributed by atoms with van der Waals surface area (Å²) < 4.78 is 7.26. The molecule has 1 aromatic carbocycles. The lowest BCUT2D eigenvalue weighted by Crippen LogP contribution is -2.41. The smallest absolute Gasteiger partial charge is 0.315 e. The number of pyridine rings is 1. The van der Waals surface area contributed by atoms with E-state index in [2.05, 4.69) is 37.5 Å². The summed E-state index contributed by atoms with van der Waals surface area (Å²) >= 11 is 0. The fourth-order valence-electron chi connectivity index (χ4n) is 3.51. The van der Waals surface area contributed by atoms with Gasteiger partial charge in [0.1, 0.15) is 18.5 Å². The van der Waals surface area contributed by atoms with Gasteiger partial charge >= 0.3 is 6.03 Å². The van der Waals surface area contributed by atoms with Crippen molar-refractivity contribution < 1.29 is 9.53 Å². The Bertz CT molecular complexity index is 974. The van der Waals surface area contributed by atoms with E-state index in [9.17, 15) is 4.79 Å². The van der Waals surface area contributed by atoms with E-state index >= 15 is 0 Å². The maximum absolute atomic E-state index is 12.3. The fourth-order valence-corrected chi connectivity index (χ4v) is 3.51. The van der Waals surface area contributed by atoms with Gasteiger partial charge in [0.05, 0.1) is 24.4 Å². The van der Waals surface area contributed by atoms with Crippen LogP contribution in [0.2, 0.25) is 0 Å². The Hall–Kier alpha value is -3.46. The molecule has 9 heteroatoms. The third kappa shape index (κ3) is 5.37. The second-order valence-corrected chi connectivity index (χ2v) is 7.63. The third-order valence-corrected chi connectivity index (χ3v) is 5.25. The van der Waals surface area contributed by atoms with Gasteiger partial charge in [-0.15, -0.1) is 0 Å². The van der Waals surface area contributed by atoms with Gasteiger partial charge in [-0.2, -0.15) is 5.10 Å². The number of nitrogens with zero attached hydrogens (tertiary/aromatic N) is 5. The van der Waals surface area contributed by atoms with E-state index < -0.39 is 0 Å². The van der Waals surface area contributed by atoms with Crippen LogP contribution in [0, 0.1) is 0 Å². The van der Waals surface area contributed by atoms with E-state index in [1.807, 2.05) is 49.5 Å². The number of benzene rings is 1. The maximum Gasteiger partial charge on any atom is 0.315 e. The molecule has 4 rings (SSSR count). The molecular formula is C22H27N7O2. The van der Waals surface area contributed by atoms with Gasteiger partial charge in [-0.1, -0.05) is 18.2 Å². The molecule has 0 saturated carbocycles. The predicted octanol–water partition coefficient (Wildman–Crippen LogP) is 2.45. The molecule has 9 nitrogen and oxygen atoms in total. The van der Waals surface area contributed by atoms with Crippen molar-refractivity contribution in [3.63, 3.8) is 0 Å². The lowest BCUT2D eigenvalue weighted by Gasteiger charge is -2.32. The zero-order valence-electron chi connectivity index (χ0n) is 17.7. The van der Waals surface area contributed by atoms with Crippen LogP contribution in [0.15, 0.2) is 55.2 Å². The molecule has 31 heavy (non-hydrogen) atoms. The molecule has 2 atom stereocenters. The minimum absolute atomic E-state index is 0.131. The van der Waals surface area contributed by atoms with E-state index in [1.165, 1.54) is 6.33 Å². The first-order valence-electron chi connectivity index (χ1n) is 10.4. The van der Waals surface area contributed by atoms with Gasteiger partial charge in [-0.05, 0) is 43.2 Å². The summed E-state index contributed by atoms with van der Waals surface area (Å²) in [4.78, 5) is 23.0. The van der Waals surface area contributed by atoms with E-state index in [0.29, 0.717) is 13.2 Å². The summed E-state index contributed by atoms with van der Waals surface area (Å²) in [5.74, 6) is 0.936. The Morgan fingerprint density at radius 1 is 1.26 bits per heavy atom. The summed E-state index contributed by atoms with van der Waals surface area (Å²) in [5, 5.41) is 9.96. The standard InChI is InChI=1S/C22H27N7O2/c1-16-13-28(9-10-31-16)21-8-3-18(11-24-21)12-25-22(30)27-17(2)19-4-6-20(7-5-19)29-15-23-14-26-29/h3-8,11,14-17H,9-10,12-13H2,1-2H3,(H2,25,27,30). The van der Waals surface area contributed by atoms with Crippen molar-refractivity contribution in [2.24, 2.45) is 0 Å². The van der Waals surface area contributed by atoms with Crippen molar-refractivity contribution >= 4 is 11.8 Å². The molecule has 1 aliphatic rings. The summed E-state index contributed by atoms with van der Waals surface area (Å²) in [6, 6.07) is 11.5. The van der Waals surface area contributed by atoms with Gasteiger partial charge < -0.3 is 20.3 Å². The van der Waals surface area contributed by atoms with Crippen LogP contribution in [0.25, 0.3) is 5.69 Å². The van der Waals surface area contributed by atoms with Gasteiger partial charge in [0.2, 0.25) is 0 Å². The Morgan fingerprint density at radius 3 is 2.77 bits per heavy atom. The fraction of sp³-hybridized carbons (Fsp3) is 0.364. The number of anilines is 1.